The Morgan fingerprint density at radius 2 is 1.88 bits per heavy atom. The Kier molecular flexibility index (Phi) is 4.69. The third kappa shape index (κ3) is 3.36. The van der Waals surface area contributed by atoms with E-state index in [1.165, 1.54) is 57.8 Å². The first-order valence-corrected chi connectivity index (χ1v) is 7.41. The Morgan fingerprint density at radius 1 is 1.18 bits per heavy atom. The van der Waals surface area contributed by atoms with Crippen LogP contribution in [0.25, 0.3) is 0 Å². The van der Waals surface area contributed by atoms with E-state index in [1.807, 2.05) is 0 Å². The molecule has 0 amide bonds. The summed E-state index contributed by atoms with van der Waals surface area (Å²) in [4.78, 5) is 7.13. The molecule has 1 atom stereocenters. The van der Waals surface area contributed by atoms with Crippen molar-refractivity contribution in [2.24, 2.45) is 10.7 Å². The van der Waals surface area contributed by atoms with Crippen LogP contribution in [-0.4, -0.2) is 29.5 Å². The topological polar surface area (TPSA) is 41.6 Å². The average Bonchev–Trinajstić information content (AvgIpc) is 2.83. The summed E-state index contributed by atoms with van der Waals surface area (Å²) in [5, 5.41) is 0. The van der Waals surface area contributed by atoms with Gasteiger partial charge in [0.25, 0.3) is 0 Å². The minimum absolute atomic E-state index is 0.513. The van der Waals surface area contributed by atoms with Crippen molar-refractivity contribution in [2.75, 3.05) is 6.54 Å². The highest BCUT2D eigenvalue weighted by atomic mass is 15.3. The number of aliphatic imine (C=N–C) groups is 1. The molecule has 17 heavy (non-hydrogen) atoms. The molecule has 0 radical (unpaired) electrons. The molecule has 1 heterocycles. The fraction of sp³-hybridized carbons (Fsp3) is 0.929. The van der Waals surface area contributed by atoms with Gasteiger partial charge in [-0.05, 0) is 38.5 Å². The van der Waals surface area contributed by atoms with E-state index in [2.05, 4.69) is 11.8 Å². The highest BCUT2D eigenvalue weighted by molar-refractivity contribution is 5.78. The first kappa shape index (κ1) is 12.7. The summed E-state index contributed by atoms with van der Waals surface area (Å²) in [5.74, 6) is 0.829. The van der Waals surface area contributed by atoms with Crippen LogP contribution in [0.1, 0.15) is 64.7 Å². The second-order valence-corrected chi connectivity index (χ2v) is 5.56. The second kappa shape index (κ2) is 6.27. The number of rotatable bonds is 3. The van der Waals surface area contributed by atoms with Gasteiger partial charge in [-0.15, -0.1) is 0 Å². The summed E-state index contributed by atoms with van der Waals surface area (Å²) >= 11 is 0. The molecule has 1 aliphatic heterocycles. The maximum Gasteiger partial charge on any atom is 0.191 e. The van der Waals surface area contributed by atoms with Crippen molar-refractivity contribution in [3.63, 3.8) is 0 Å². The van der Waals surface area contributed by atoms with Gasteiger partial charge in [0.05, 0.1) is 6.04 Å². The van der Waals surface area contributed by atoms with E-state index in [1.54, 1.807) is 0 Å². The Hall–Kier alpha value is -0.730. The van der Waals surface area contributed by atoms with Gasteiger partial charge < -0.3 is 10.6 Å². The molecule has 1 aliphatic carbocycles. The Morgan fingerprint density at radius 3 is 2.59 bits per heavy atom. The van der Waals surface area contributed by atoms with Crippen molar-refractivity contribution in [3.05, 3.63) is 0 Å². The summed E-state index contributed by atoms with van der Waals surface area (Å²) in [5.41, 5.74) is 6.22. The third-order valence-corrected chi connectivity index (χ3v) is 4.18. The summed E-state index contributed by atoms with van der Waals surface area (Å²) in [7, 11) is 0. The highest BCUT2D eigenvalue weighted by Crippen LogP contribution is 2.23. The van der Waals surface area contributed by atoms with Gasteiger partial charge >= 0.3 is 0 Å². The molecule has 2 rings (SSSR count). The zero-order valence-corrected chi connectivity index (χ0v) is 11.2. The standard InChI is InChI=1S/C14H27N3/c1-2-7-13-10-5-6-11-17(13)14(15)16-12-8-3-4-9-12/h12-13H,2-11H2,1H3,(H2,15,16). The molecular formula is C14H27N3. The minimum atomic E-state index is 0.513. The number of nitrogens with two attached hydrogens (primary N) is 1. The fourth-order valence-electron chi connectivity index (χ4n) is 3.23. The van der Waals surface area contributed by atoms with Crippen molar-refractivity contribution in [2.45, 2.75) is 76.8 Å². The van der Waals surface area contributed by atoms with E-state index in [9.17, 15) is 0 Å². The quantitative estimate of drug-likeness (QED) is 0.606. The smallest absolute Gasteiger partial charge is 0.191 e. The molecule has 3 nitrogen and oxygen atoms in total. The molecule has 98 valence electrons. The van der Waals surface area contributed by atoms with Crippen LogP contribution in [0.4, 0.5) is 0 Å². The lowest BCUT2D eigenvalue weighted by Gasteiger charge is -2.36. The maximum absolute atomic E-state index is 6.22. The van der Waals surface area contributed by atoms with Gasteiger partial charge in [-0.3, -0.25) is 0 Å². The molecule has 2 fully saturated rings. The number of piperidine rings is 1. The number of hydrogen-bond acceptors (Lipinski definition) is 1. The van der Waals surface area contributed by atoms with Crippen LogP contribution >= 0.6 is 0 Å². The normalized spacial score (nSPS) is 27.7. The van der Waals surface area contributed by atoms with Gasteiger partial charge in [0.1, 0.15) is 0 Å². The van der Waals surface area contributed by atoms with Crippen LogP contribution in [-0.2, 0) is 0 Å². The molecule has 0 spiro atoms. The van der Waals surface area contributed by atoms with Crippen LogP contribution < -0.4 is 5.73 Å². The van der Waals surface area contributed by atoms with E-state index < -0.39 is 0 Å². The molecule has 3 heteroatoms. The van der Waals surface area contributed by atoms with Gasteiger partial charge in [-0.25, -0.2) is 4.99 Å². The van der Waals surface area contributed by atoms with Gasteiger partial charge in [-0.1, -0.05) is 26.2 Å². The number of nitrogens with zero attached hydrogens (tertiary/aromatic N) is 2. The van der Waals surface area contributed by atoms with Crippen LogP contribution in [0.5, 0.6) is 0 Å². The number of hydrogen-bond donors (Lipinski definition) is 1. The molecule has 0 bridgehead atoms. The van der Waals surface area contributed by atoms with Gasteiger partial charge in [0.2, 0.25) is 0 Å². The average molecular weight is 237 g/mol. The summed E-state index contributed by atoms with van der Waals surface area (Å²) in [6, 6.07) is 1.16. The van der Waals surface area contributed by atoms with E-state index in [0.717, 1.165) is 12.5 Å². The largest absolute Gasteiger partial charge is 0.370 e. The van der Waals surface area contributed by atoms with Crippen LogP contribution in [0.15, 0.2) is 4.99 Å². The van der Waals surface area contributed by atoms with Crippen LogP contribution in [0.3, 0.4) is 0 Å². The van der Waals surface area contributed by atoms with Crippen LogP contribution in [0.2, 0.25) is 0 Å². The lowest BCUT2D eigenvalue weighted by Crippen LogP contribution is -2.47. The van der Waals surface area contributed by atoms with Gasteiger partial charge in [-0.2, -0.15) is 0 Å². The van der Waals surface area contributed by atoms with Crippen molar-refractivity contribution in [3.8, 4) is 0 Å². The molecule has 0 aromatic rings. The molecule has 1 saturated carbocycles. The van der Waals surface area contributed by atoms with Crippen LogP contribution in [0, 0.1) is 0 Å². The van der Waals surface area contributed by atoms with Crippen molar-refractivity contribution >= 4 is 5.96 Å². The molecule has 2 aliphatic rings. The Labute approximate surface area is 105 Å². The molecular weight excluding hydrogens is 210 g/mol. The zero-order valence-electron chi connectivity index (χ0n) is 11.2. The summed E-state index contributed by atoms with van der Waals surface area (Å²) < 4.78 is 0. The third-order valence-electron chi connectivity index (χ3n) is 4.18. The molecule has 2 N–H and O–H groups in total. The monoisotopic (exact) mass is 237 g/mol. The maximum atomic E-state index is 6.22. The van der Waals surface area contributed by atoms with Gasteiger partial charge in [0.15, 0.2) is 5.96 Å². The fourth-order valence-corrected chi connectivity index (χ4v) is 3.23. The Balaban J connectivity index is 1.96. The first-order chi connectivity index (χ1) is 8.31. The van der Waals surface area contributed by atoms with E-state index in [0.29, 0.717) is 12.1 Å². The molecule has 1 unspecified atom stereocenters. The highest BCUT2D eigenvalue weighted by Gasteiger charge is 2.24. The number of likely N-dealkylation sites (tertiary alicyclic amines) is 1. The van der Waals surface area contributed by atoms with E-state index in [-0.39, 0.29) is 0 Å². The minimum Gasteiger partial charge on any atom is -0.370 e. The summed E-state index contributed by atoms with van der Waals surface area (Å²) in [6.07, 6.45) is 11.6. The zero-order chi connectivity index (χ0) is 12.1. The predicted molar refractivity (Wildman–Crippen MR) is 73.1 cm³/mol. The van der Waals surface area contributed by atoms with Crippen molar-refractivity contribution in [1.82, 2.24) is 4.90 Å². The predicted octanol–water partition coefficient (Wildman–Crippen LogP) is 2.90. The van der Waals surface area contributed by atoms with Crippen molar-refractivity contribution < 1.29 is 0 Å². The second-order valence-electron chi connectivity index (χ2n) is 5.56. The molecule has 1 saturated heterocycles. The lowest BCUT2D eigenvalue weighted by molar-refractivity contribution is 0.225. The van der Waals surface area contributed by atoms with E-state index in [4.69, 9.17) is 10.7 Å². The number of guanidine groups is 1. The van der Waals surface area contributed by atoms with Gasteiger partial charge in [0, 0.05) is 12.6 Å². The molecule has 0 aromatic carbocycles. The summed E-state index contributed by atoms with van der Waals surface area (Å²) in [6.45, 7) is 3.38. The SMILES string of the molecule is CCCC1CCCCN1C(N)=NC1CCCC1. The van der Waals surface area contributed by atoms with Crippen molar-refractivity contribution in [1.29, 1.82) is 0 Å². The lowest BCUT2D eigenvalue weighted by atomic mass is 9.99. The van der Waals surface area contributed by atoms with E-state index >= 15 is 0 Å². The first-order valence-electron chi connectivity index (χ1n) is 7.41. The Bertz CT molecular complexity index is 254. The molecule has 0 aromatic heterocycles.